The molecule has 2 heterocycles. The van der Waals surface area contributed by atoms with E-state index < -0.39 is 5.97 Å². The van der Waals surface area contributed by atoms with Crippen LogP contribution in [0.3, 0.4) is 0 Å². The van der Waals surface area contributed by atoms with Gasteiger partial charge in [-0.2, -0.15) is 0 Å². The summed E-state index contributed by atoms with van der Waals surface area (Å²) in [6.45, 7) is 3.39. The summed E-state index contributed by atoms with van der Waals surface area (Å²) in [6.07, 6.45) is 2.06. The highest BCUT2D eigenvalue weighted by molar-refractivity contribution is 6.04. The Morgan fingerprint density at radius 2 is 2.08 bits per heavy atom. The topological polar surface area (TPSA) is 112 Å². The molecule has 0 atom stereocenters. The molecule has 0 aliphatic heterocycles. The van der Waals surface area contributed by atoms with Crippen molar-refractivity contribution < 1.29 is 23.9 Å². The Morgan fingerprint density at radius 1 is 1.33 bits per heavy atom. The number of H-pyrrole nitrogens is 1. The number of ketones is 1. The van der Waals surface area contributed by atoms with E-state index >= 15 is 0 Å². The molecule has 3 N–H and O–H groups in total. The molecule has 7 heteroatoms. The summed E-state index contributed by atoms with van der Waals surface area (Å²) in [5.41, 5.74) is 2.56. The molecular weight excluding hydrogens is 312 g/mol. The molecule has 0 radical (unpaired) electrons. The summed E-state index contributed by atoms with van der Waals surface area (Å²) in [6, 6.07) is 1.40. The van der Waals surface area contributed by atoms with Crippen LogP contribution in [0.4, 0.5) is 0 Å². The maximum Gasteiger partial charge on any atom is 0.339 e. The van der Waals surface area contributed by atoms with Gasteiger partial charge in [-0.15, -0.1) is 0 Å². The second-order valence-corrected chi connectivity index (χ2v) is 5.93. The normalized spacial score (nSPS) is 13.7. The zero-order valence-electron chi connectivity index (χ0n) is 13.5. The number of aromatic amines is 1. The van der Waals surface area contributed by atoms with E-state index in [1.165, 1.54) is 6.07 Å². The molecule has 126 valence electrons. The predicted octanol–water partition coefficient (Wildman–Crippen LogP) is 2.37. The average Bonchev–Trinajstić information content (AvgIpc) is 3.06. The van der Waals surface area contributed by atoms with E-state index in [1.54, 1.807) is 13.8 Å². The number of carboxylic acid groups (broad SMARTS) is 1. The smallest absolute Gasteiger partial charge is 0.339 e. The van der Waals surface area contributed by atoms with Gasteiger partial charge in [0, 0.05) is 17.7 Å². The molecule has 3 rings (SSSR count). The van der Waals surface area contributed by atoms with Crippen LogP contribution in [0, 0.1) is 13.8 Å². The molecule has 0 bridgehead atoms. The molecule has 0 aromatic carbocycles. The SMILES string of the molecule is Cc1oc(CNC(=O)c2[nH]c3c(c2C)C(=O)CCC3)cc1C(=O)O. The number of amides is 1. The number of furan rings is 1. The number of rotatable bonds is 4. The lowest BCUT2D eigenvalue weighted by atomic mass is 9.94. The van der Waals surface area contributed by atoms with Gasteiger partial charge < -0.3 is 19.8 Å². The minimum absolute atomic E-state index is 0.0665. The third-order valence-electron chi connectivity index (χ3n) is 4.29. The lowest BCUT2D eigenvalue weighted by Gasteiger charge is -2.09. The van der Waals surface area contributed by atoms with Crippen molar-refractivity contribution >= 4 is 17.7 Å². The molecule has 0 saturated heterocycles. The van der Waals surface area contributed by atoms with Crippen molar-refractivity contribution in [1.82, 2.24) is 10.3 Å². The number of aromatic carboxylic acids is 1. The summed E-state index contributed by atoms with van der Waals surface area (Å²) >= 11 is 0. The second-order valence-electron chi connectivity index (χ2n) is 5.93. The number of aromatic nitrogens is 1. The quantitative estimate of drug-likeness (QED) is 0.796. The van der Waals surface area contributed by atoms with Crippen LogP contribution in [0.15, 0.2) is 10.5 Å². The molecule has 1 aliphatic carbocycles. The summed E-state index contributed by atoms with van der Waals surface area (Å²) in [7, 11) is 0. The molecule has 0 saturated carbocycles. The summed E-state index contributed by atoms with van der Waals surface area (Å²) < 4.78 is 5.33. The third kappa shape index (κ3) is 2.73. The average molecular weight is 330 g/mol. The van der Waals surface area contributed by atoms with Crippen molar-refractivity contribution in [3.05, 3.63) is 45.7 Å². The third-order valence-corrected chi connectivity index (χ3v) is 4.29. The number of hydrogen-bond donors (Lipinski definition) is 3. The van der Waals surface area contributed by atoms with E-state index in [0.29, 0.717) is 34.8 Å². The minimum Gasteiger partial charge on any atom is -0.478 e. The van der Waals surface area contributed by atoms with Gasteiger partial charge in [0.05, 0.1) is 6.54 Å². The van der Waals surface area contributed by atoms with Gasteiger partial charge in [0.25, 0.3) is 5.91 Å². The molecule has 1 amide bonds. The number of aryl methyl sites for hydroxylation is 2. The Hall–Kier alpha value is -2.83. The number of nitrogens with one attached hydrogen (secondary N) is 2. The standard InChI is InChI=1S/C17H18N2O5/c1-8-14-12(4-3-5-13(14)20)19-15(8)16(21)18-7-10-6-11(17(22)23)9(2)24-10/h6,19H,3-5,7H2,1-2H3,(H,18,21)(H,22,23). The predicted molar refractivity (Wildman–Crippen MR) is 84.4 cm³/mol. The fourth-order valence-corrected chi connectivity index (χ4v) is 3.10. The van der Waals surface area contributed by atoms with Crippen LogP contribution in [0.25, 0.3) is 0 Å². The number of Topliss-reactive ketones (excluding diaryl/α,β-unsaturated/α-hetero) is 1. The highest BCUT2D eigenvalue weighted by Crippen LogP contribution is 2.26. The highest BCUT2D eigenvalue weighted by Gasteiger charge is 2.26. The van der Waals surface area contributed by atoms with E-state index in [9.17, 15) is 14.4 Å². The van der Waals surface area contributed by atoms with Crippen LogP contribution < -0.4 is 5.32 Å². The first-order chi connectivity index (χ1) is 11.4. The van der Waals surface area contributed by atoms with Gasteiger partial charge in [-0.05, 0) is 38.3 Å². The first kappa shape index (κ1) is 16.0. The highest BCUT2D eigenvalue weighted by atomic mass is 16.4. The van der Waals surface area contributed by atoms with Crippen molar-refractivity contribution in [2.45, 2.75) is 39.7 Å². The van der Waals surface area contributed by atoms with Crippen molar-refractivity contribution in [1.29, 1.82) is 0 Å². The Labute approximate surface area is 138 Å². The Balaban J connectivity index is 1.75. The van der Waals surface area contributed by atoms with Crippen molar-refractivity contribution in [2.75, 3.05) is 0 Å². The molecule has 0 fully saturated rings. The minimum atomic E-state index is -1.07. The number of carbonyl (C=O) groups is 3. The van der Waals surface area contributed by atoms with E-state index in [4.69, 9.17) is 9.52 Å². The molecule has 24 heavy (non-hydrogen) atoms. The molecule has 2 aromatic heterocycles. The van der Waals surface area contributed by atoms with E-state index in [0.717, 1.165) is 18.5 Å². The van der Waals surface area contributed by atoms with Crippen molar-refractivity contribution in [3.8, 4) is 0 Å². The van der Waals surface area contributed by atoms with Crippen LogP contribution >= 0.6 is 0 Å². The Morgan fingerprint density at radius 3 is 2.71 bits per heavy atom. The van der Waals surface area contributed by atoms with E-state index in [2.05, 4.69) is 10.3 Å². The lowest BCUT2D eigenvalue weighted by Crippen LogP contribution is -2.23. The first-order valence-corrected chi connectivity index (χ1v) is 7.74. The molecule has 7 nitrogen and oxygen atoms in total. The summed E-state index contributed by atoms with van der Waals surface area (Å²) in [4.78, 5) is 38.4. The van der Waals surface area contributed by atoms with Gasteiger partial charge >= 0.3 is 5.97 Å². The maximum atomic E-state index is 12.4. The summed E-state index contributed by atoms with van der Waals surface area (Å²) in [5, 5.41) is 11.7. The maximum absolute atomic E-state index is 12.4. The molecule has 2 aromatic rings. The van der Waals surface area contributed by atoms with E-state index in [-0.39, 0.29) is 23.8 Å². The monoisotopic (exact) mass is 330 g/mol. The largest absolute Gasteiger partial charge is 0.478 e. The van der Waals surface area contributed by atoms with Crippen LogP contribution in [0.5, 0.6) is 0 Å². The molecular formula is C17H18N2O5. The number of carboxylic acids is 1. The van der Waals surface area contributed by atoms with Crippen LogP contribution in [0.1, 0.15) is 66.8 Å². The van der Waals surface area contributed by atoms with Crippen LogP contribution in [0.2, 0.25) is 0 Å². The number of carbonyl (C=O) groups excluding carboxylic acids is 2. The lowest BCUT2D eigenvalue weighted by molar-refractivity contribution is 0.0694. The zero-order chi connectivity index (χ0) is 17.4. The van der Waals surface area contributed by atoms with Gasteiger partial charge in [-0.3, -0.25) is 9.59 Å². The van der Waals surface area contributed by atoms with Crippen LogP contribution in [-0.2, 0) is 13.0 Å². The zero-order valence-corrected chi connectivity index (χ0v) is 13.5. The van der Waals surface area contributed by atoms with E-state index in [1.807, 2.05) is 0 Å². The summed E-state index contributed by atoms with van der Waals surface area (Å²) in [5.74, 6) is -0.690. The van der Waals surface area contributed by atoms with Crippen molar-refractivity contribution in [2.24, 2.45) is 0 Å². The molecule has 0 spiro atoms. The van der Waals surface area contributed by atoms with Gasteiger partial charge in [0.1, 0.15) is 22.8 Å². The first-order valence-electron chi connectivity index (χ1n) is 7.74. The number of hydrogen-bond acceptors (Lipinski definition) is 4. The Kier molecular flexibility index (Phi) is 4.01. The number of fused-ring (bicyclic) bond motifs is 1. The fourth-order valence-electron chi connectivity index (χ4n) is 3.10. The molecule has 0 unspecified atom stereocenters. The Bertz CT molecular complexity index is 844. The van der Waals surface area contributed by atoms with Gasteiger partial charge in [0.15, 0.2) is 5.78 Å². The van der Waals surface area contributed by atoms with Crippen molar-refractivity contribution in [3.63, 3.8) is 0 Å². The van der Waals surface area contributed by atoms with Crippen LogP contribution in [-0.4, -0.2) is 27.8 Å². The molecule has 1 aliphatic rings. The van der Waals surface area contributed by atoms with Gasteiger partial charge in [0.2, 0.25) is 0 Å². The van der Waals surface area contributed by atoms with Gasteiger partial charge in [-0.1, -0.05) is 0 Å². The van der Waals surface area contributed by atoms with Gasteiger partial charge in [-0.25, -0.2) is 4.79 Å². The fraction of sp³-hybridized carbons (Fsp3) is 0.353. The second kappa shape index (κ2) is 5.99.